The first kappa shape index (κ1) is 11.4. The Labute approximate surface area is 96.9 Å². The van der Waals surface area contributed by atoms with Gasteiger partial charge in [0.2, 0.25) is 6.10 Å². The fraction of sp³-hybridized carbons (Fsp3) is 0.364. The summed E-state index contributed by atoms with van der Waals surface area (Å²) in [6, 6.07) is 1.39. The summed E-state index contributed by atoms with van der Waals surface area (Å²) in [6.07, 6.45) is 0.947. The zero-order chi connectivity index (χ0) is 12.4. The van der Waals surface area contributed by atoms with Crippen molar-refractivity contribution in [1.29, 1.82) is 0 Å². The van der Waals surface area contributed by atoms with Crippen LogP contribution in [-0.4, -0.2) is 35.4 Å². The summed E-state index contributed by atoms with van der Waals surface area (Å²) >= 11 is 0. The topological polar surface area (TPSA) is 85.5 Å². The normalized spacial score (nSPS) is 18.9. The lowest BCUT2D eigenvalue weighted by molar-refractivity contribution is -0.145. The van der Waals surface area contributed by atoms with Gasteiger partial charge in [0.15, 0.2) is 5.78 Å². The number of H-pyrrole nitrogens is 1. The molecule has 1 aromatic rings. The summed E-state index contributed by atoms with van der Waals surface area (Å²) in [6.45, 7) is 1.66. The van der Waals surface area contributed by atoms with E-state index in [0.717, 1.165) is 0 Å². The molecule has 0 amide bonds. The van der Waals surface area contributed by atoms with Gasteiger partial charge in [0.25, 0.3) is 0 Å². The lowest BCUT2D eigenvalue weighted by Crippen LogP contribution is -2.22. The second-order valence-electron chi connectivity index (χ2n) is 3.71. The van der Waals surface area contributed by atoms with Gasteiger partial charge < -0.3 is 14.5 Å². The zero-order valence-corrected chi connectivity index (χ0v) is 9.19. The van der Waals surface area contributed by atoms with Crippen LogP contribution in [0.5, 0.6) is 0 Å². The van der Waals surface area contributed by atoms with Gasteiger partial charge in [-0.15, -0.1) is 0 Å². The van der Waals surface area contributed by atoms with Gasteiger partial charge in [-0.2, -0.15) is 0 Å². The van der Waals surface area contributed by atoms with Crippen LogP contribution in [0.25, 0.3) is 0 Å². The summed E-state index contributed by atoms with van der Waals surface area (Å²) in [5.74, 6) is -1.35. The van der Waals surface area contributed by atoms with Crippen molar-refractivity contribution in [3.8, 4) is 0 Å². The van der Waals surface area contributed by atoms with Crippen molar-refractivity contribution < 1.29 is 23.9 Å². The Morgan fingerprint density at radius 1 is 1.53 bits per heavy atom. The van der Waals surface area contributed by atoms with Crippen LogP contribution in [0, 0.1) is 0 Å². The minimum atomic E-state index is -0.841. The standard InChI is InChI=1S/C11H11NO5/c1-6(13)7-4-8(12-5-7)10(14)17-9-2-3-16-11(9)15/h4-5,9,12H,2-3H2,1H3/t9-/m1/s1. The molecule has 0 bridgehead atoms. The Balaban J connectivity index is 2.04. The first-order valence-electron chi connectivity index (χ1n) is 5.15. The number of carbonyl (C=O) groups is 3. The number of hydrogen-bond donors (Lipinski definition) is 1. The average Bonchev–Trinajstić information content (AvgIpc) is 2.88. The van der Waals surface area contributed by atoms with Crippen LogP contribution in [0.1, 0.15) is 34.2 Å². The molecule has 17 heavy (non-hydrogen) atoms. The third-order valence-corrected chi connectivity index (χ3v) is 2.45. The van der Waals surface area contributed by atoms with Crippen molar-refractivity contribution in [3.05, 3.63) is 23.5 Å². The molecule has 0 aliphatic carbocycles. The number of esters is 2. The molecule has 0 aromatic carbocycles. The Kier molecular flexibility index (Phi) is 2.95. The smallest absolute Gasteiger partial charge is 0.355 e. The number of cyclic esters (lactones) is 1. The van der Waals surface area contributed by atoms with Crippen LogP contribution in [0.15, 0.2) is 12.3 Å². The molecule has 6 nitrogen and oxygen atoms in total. The second-order valence-corrected chi connectivity index (χ2v) is 3.71. The molecule has 1 aliphatic rings. The minimum Gasteiger partial charge on any atom is -0.463 e. The van der Waals surface area contributed by atoms with Crippen molar-refractivity contribution in [3.63, 3.8) is 0 Å². The summed E-state index contributed by atoms with van der Waals surface area (Å²) in [7, 11) is 0. The van der Waals surface area contributed by atoms with Gasteiger partial charge in [-0.1, -0.05) is 0 Å². The Morgan fingerprint density at radius 3 is 2.82 bits per heavy atom. The third kappa shape index (κ3) is 2.35. The number of ether oxygens (including phenoxy) is 2. The van der Waals surface area contributed by atoms with Gasteiger partial charge in [0.05, 0.1) is 6.61 Å². The molecule has 1 N–H and O–H groups in total. The predicted molar refractivity (Wildman–Crippen MR) is 55.6 cm³/mol. The molecule has 0 saturated carbocycles. The number of rotatable bonds is 3. The molecule has 0 unspecified atom stereocenters. The maximum absolute atomic E-state index is 11.6. The lowest BCUT2D eigenvalue weighted by atomic mass is 10.2. The summed E-state index contributed by atoms with van der Waals surface area (Å²) in [5.41, 5.74) is 0.542. The van der Waals surface area contributed by atoms with E-state index >= 15 is 0 Å². The molecular formula is C11H11NO5. The summed E-state index contributed by atoms with van der Waals surface area (Å²) < 4.78 is 9.61. The largest absolute Gasteiger partial charge is 0.463 e. The summed E-state index contributed by atoms with van der Waals surface area (Å²) in [5, 5.41) is 0. The van der Waals surface area contributed by atoms with Crippen molar-refractivity contribution in [1.82, 2.24) is 4.98 Å². The monoisotopic (exact) mass is 237 g/mol. The van der Waals surface area contributed by atoms with Crippen molar-refractivity contribution >= 4 is 17.7 Å². The van der Waals surface area contributed by atoms with E-state index < -0.39 is 18.0 Å². The molecule has 0 radical (unpaired) electrons. The molecule has 1 aromatic heterocycles. The van der Waals surface area contributed by atoms with Crippen LogP contribution in [0.4, 0.5) is 0 Å². The van der Waals surface area contributed by atoms with Crippen LogP contribution in [-0.2, 0) is 14.3 Å². The zero-order valence-electron chi connectivity index (χ0n) is 9.19. The third-order valence-electron chi connectivity index (χ3n) is 2.45. The number of hydrogen-bond acceptors (Lipinski definition) is 5. The van der Waals surface area contributed by atoms with Crippen LogP contribution >= 0.6 is 0 Å². The van der Waals surface area contributed by atoms with E-state index in [0.29, 0.717) is 12.0 Å². The lowest BCUT2D eigenvalue weighted by Gasteiger charge is -2.06. The molecule has 2 heterocycles. The van der Waals surface area contributed by atoms with Gasteiger partial charge in [-0.05, 0) is 13.0 Å². The van der Waals surface area contributed by atoms with Crippen molar-refractivity contribution in [2.45, 2.75) is 19.4 Å². The molecule has 0 spiro atoms. The second kappa shape index (κ2) is 4.40. The number of ketones is 1. The molecule has 1 fully saturated rings. The van der Waals surface area contributed by atoms with Crippen LogP contribution < -0.4 is 0 Å². The Bertz CT molecular complexity index is 476. The van der Waals surface area contributed by atoms with Gasteiger partial charge >= 0.3 is 11.9 Å². The van der Waals surface area contributed by atoms with Crippen molar-refractivity contribution in [2.24, 2.45) is 0 Å². The average molecular weight is 237 g/mol. The highest BCUT2D eigenvalue weighted by Gasteiger charge is 2.30. The van der Waals surface area contributed by atoms with E-state index in [1.807, 2.05) is 0 Å². The SMILES string of the molecule is CC(=O)c1c[nH]c(C(=O)O[C@@H]2CCOC2=O)c1. The molecule has 1 aliphatic heterocycles. The van der Waals surface area contributed by atoms with Gasteiger partial charge in [-0.3, -0.25) is 4.79 Å². The van der Waals surface area contributed by atoms with E-state index in [2.05, 4.69) is 9.72 Å². The molecular weight excluding hydrogens is 226 g/mol. The van der Waals surface area contributed by atoms with Crippen LogP contribution in [0.3, 0.4) is 0 Å². The quantitative estimate of drug-likeness (QED) is 0.617. The van der Waals surface area contributed by atoms with Gasteiger partial charge in [-0.25, -0.2) is 9.59 Å². The molecule has 6 heteroatoms. The van der Waals surface area contributed by atoms with Crippen LogP contribution in [0.2, 0.25) is 0 Å². The first-order valence-corrected chi connectivity index (χ1v) is 5.15. The fourth-order valence-corrected chi connectivity index (χ4v) is 1.49. The highest BCUT2D eigenvalue weighted by atomic mass is 16.6. The molecule has 1 saturated heterocycles. The highest BCUT2D eigenvalue weighted by Crippen LogP contribution is 2.13. The maximum atomic E-state index is 11.6. The predicted octanol–water partition coefficient (Wildman–Crippen LogP) is 0.690. The number of aromatic amines is 1. The van der Waals surface area contributed by atoms with E-state index in [1.54, 1.807) is 0 Å². The highest BCUT2D eigenvalue weighted by molar-refractivity contribution is 5.97. The number of Topliss-reactive ketones (excluding diaryl/α,β-unsaturated/α-hetero) is 1. The van der Waals surface area contributed by atoms with Gasteiger partial charge in [0, 0.05) is 18.2 Å². The Hall–Kier alpha value is -2.11. The number of aromatic nitrogens is 1. The maximum Gasteiger partial charge on any atom is 0.355 e. The van der Waals surface area contributed by atoms with Gasteiger partial charge in [0.1, 0.15) is 5.69 Å². The minimum absolute atomic E-state index is 0.148. The first-order chi connectivity index (χ1) is 8.08. The summed E-state index contributed by atoms with van der Waals surface area (Å²) in [4.78, 5) is 36.4. The van der Waals surface area contributed by atoms with Crippen molar-refractivity contribution in [2.75, 3.05) is 6.61 Å². The van der Waals surface area contributed by atoms with E-state index in [1.165, 1.54) is 19.2 Å². The van der Waals surface area contributed by atoms with E-state index in [4.69, 9.17) is 4.74 Å². The number of carbonyl (C=O) groups excluding carboxylic acids is 3. The number of nitrogens with one attached hydrogen (secondary N) is 1. The van der Waals surface area contributed by atoms with E-state index in [9.17, 15) is 14.4 Å². The fourth-order valence-electron chi connectivity index (χ4n) is 1.49. The van der Waals surface area contributed by atoms with E-state index in [-0.39, 0.29) is 18.1 Å². The molecule has 90 valence electrons. The Morgan fingerprint density at radius 2 is 2.29 bits per heavy atom. The molecule has 1 atom stereocenters. The molecule has 2 rings (SSSR count).